The van der Waals surface area contributed by atoms with Gasteiger partial charge in [-0.05, 0) is 5.92 Å². The molecule has 96 valence electrons. The van der Waals surface area contributed by atoms with E-state index in [1.165, 1.54) is 11.8 Å². The number of carboxylic acid groups (broad SMARTS) is 1. The number of hydrogen-bond donors (Lipinski definition) is 1. The topological polar surface area (TPSA) is 74.7 Å². The van der Waals surface area contributed by atoms with Crippen molar-refractivity contribution in [2.75, 3.05) is 6.54 Å². The SMILES string of the molecule is CC(=O)SC1CC(=O)N([C@H](C(=O)O)C(C)C)C1. The standard InChI is InChI=1S/C11H17NO4S/c1-6(2)10(11(15)16)12-5-8(4-9(12)14)17-7(3)13/h6,8,10H,4-5H2,1-3H3,(H,15,16)/t8?,10-/m0/s1. The number of likely N-dealkylation sites (tertiary alicyclic amines) is 1. The lowest BCUT2D eigenvalue weighted by Crippen LogP contribution is -2.45. The molecule has 0 bridgehead atoms. The Hall–Kier alpha value is -1.04. The Morgan fingerprint density at radius 3 is 2.47 bits per heavy atom. The molecule has 1 saturated heterocycles. The largest absolute Gasteiger partial charge is 0.480 e. The molecule has 6 heteroatoms. The number of carbonyl (C=O) groups is 3. The molecule has 0 aromatic carbocycles. The molecule has 1 fully saturated rings. The van der Waals surface area contributed by atoms with Crippen molar-refractivity contribution >= 4 is 28.8 Å². The quantitative estimate of drug-likeness (QED) is 0.814. The van der Waals surface area contributed by atoms with Crippen LogP contribution in [0.1, 0.15) is 27.2 Å². The Kier molecular flexibility index (Phi) is 4.56. The van der Waals surface area contributed by atoms with Gasteiger partial charge in [0.05, 0.1) is 0 Å². The average molecular weight is 259 g/mol. The van der Waals surface area contributed by atoms with Crippen molar-refractivity contribution in [3.8, 4) is 0 Å². The van der Waals surface area contributed by atoms with Crippen molar-refractivity contribution in [1.82, 2.24) is 4.90 Å². The van der Waals surface area contributed by atoms with Crippen molar-refractivity contribution in [2.24, 2.45) is 5.92 Å². The van der Waals surface area contributed by atoms with Crippen LogP contribution in [-0.4, -0.2) is 44.8 Å². The van der Waals surface area contributed by atoms with Gasteiger partial charge >= 0.3 is 5.97 Å². The third-order valence-corrected chi connectivity index (χ3v) is 3.66. The minimum Gasteiger partial charge on any atom is -0.480 e. The molecular weight excluding hydrogens is 242 g/mol. The molecule has 0 aromatic rings. The van der Waals surface area contributed by atoms with E-state index in [1.54, 1.807) is 13.8 Å². The van der Waals surface area contributed by atoms with Crippen molar-refractivity contribution in [3.05, 3.63) is 0 Å². The molecule has 0 spiro atoms. The molecular formula is C11H17NO4S. The van der Waals surface area contributed by atoms with Gasteiger partial charge in [0, 0.05) is 25.1 Å². The first kappa shape index (κ1) is 14.0. The Morgan fingerprint density at radius 1 is 1.47 bits per heavy atom. The second-order valence-electron chi connectivity index (χ2n) is 4.51. The highest BCUT2D eigenvalue weighted by Gasteiger charge is 2.39. The molecule has 17 heavy (non-hydrogen) atoms. The van der Waals surface area contributed by atoms with Gasteiger partial charge in [0.15, 0.2) is 5.12 Å². The summed E-state index contributed by atoms with van der Waals surface area (Å²) in [5, 5.41) is 8.97. The summed E-state index contributed by atoms with van der Waals surface area (Å²) in [5.41, 5.74) is 0. The minimum absolute atomic E-state index is 0.0407. The zero-order chi connectivity index (χ0) is 13.2. The molecule has 2 atom stereocenters. The number of rotatable bonds is 4. The van der Waals surface area contributed by atoms with Crippen LogP contribution < -0.4 is 0 Å². The van der Waals surface area contributed by atoms with Gasteiger partial charge in [-0.25, -0.2) is 4.79 Å². The van der Waals surface area contributed by atoms with E-state index >= 15 is 0 Å². The fourth-order valence-corrected chi connectivity index (χ4v) is 2.99. The minimum atomic E-state index is -0.984. The van der Waals surface area contributed by atoms with Crippen LogP contribution in [0.25, 0.3) is 0 Å². The third-order valence-electron chi connectivity index (χ3n) is 2.68. The molecule has 1 unspecified atom stereocenters. The van der Waals surface area contributed by atoms with Gasteiger partial charge in [0.1, 0.15) is 6.04 Å². The van der Waals surface area contributed by atoms with Crippen LogP contribution >= 0.6 is 11.8 Å². The predicted molar refractivity (Wildman–Crippen MR) is 64.7 cm³/mol. The third kappa shape index (κ3) is 3.46. The predicted octanol–water partition coefficient (Wildman–Crippen LogP) is 0.976. The summed E-state index contributed by atoms with van der Waals surface area (Å²) < 4.78 is 0. The van der Waals surface area contributed by atoms with Gasteiger partial charge in [0.25, 0.3) is 0 Å². The van der Waals surface area contributed by atoms with Crippen molar-refractivity contribution in [2.45, 2.75) is 38.5 Å². The number of carboxylic acids is 1. The van der Waals surface area contributed by atoms with Gasteiger partial charge in [-0.15, -0.1) is 0 Å². The highest BCUT2D eigenvalue weighted by molar-refractivity contribution is 8.14. The van der Waals surface area contributed by atoms with Gasteiger partial charge in [0.2, 0.25) is 5.91 Å². The van der Waals surface area contributed by atoms with Crippen LogP contribution in [0.3, 0.4) is 0 Å². The molecule has 1 N–H and O–H groups in total. The van der Waals surface area contributed by atoms with Gasteiger partial charge in [-0.3, -0.25) is 9.59 Å². The van der Waals surface area contributed by atoms with Gasteiger partial charge in [-0.1, -0.05) is 25.6 Å². The highest BCUT2D eigenvalue weighted by Crippen LogP contribution is 2.27. The second-order valence-corrected chi connectivity index (χ2v) is 5.99. The fraction of sp³-hybridized carbons (Fsp3) is 0.727. The van der Waals surface area contributed by atoms with E-state index in [-0.39, 0.29) is 28.6 Å². The summed E-state index contributed by atoms with van der Waals surface area (Å²) >= 11 is 1.12. The summed E-state index contributed by atoms with van der Waals surface area (Å²) in [6, 6.07) is -0.792. The monoisotopic (exact) mass is 259 g/mol. The van der Waals surface area contributed by atoms with Gasteiger partial charge < -0.3 is 10.0 Å². The van der Waals surface area contributed by atoms with Crippen LogP contribution in [0.5, 0.6) is 0 Å². The van der Waals surface area contributed by atoms with Crippen molar-refractivity contribution < 1.29 is 19.5 Å². The number of carbonyl (C=O) groups excluding carboxylic acids is 2. The second kappa shape index (κ2) is 5.53. The molecule has 0 aromatic heterocycles. The first-order valence-corrected chi connectivity index (χ1v) is 6.40. The Balaban J connectivity index is 2.75. The van der Waals surface area contributed by atoms with E-state index in [1.807, 2.05) is 0 Å². The lowest BCUT2D eigenvalue weighted by molar-refractivity contribution is -0.150. The molecule has 1 aliphatic rings. The summed E-state index contributed by atoms with van der Waals surface area (Å²) in [5.74, 6) is -1.30. The number of aliphatic carboxylic acids is 1. The molecule has 0 aliphatic carbocycles. The van der Waals surface area contributed by atoms with Gasteiger partial charge in [-0.2, -0.15) is 0 Å². The molecule has 5 nitrogen and oxygen atoms in total. The number of thioether (sulfide) groups is 1. The van der Waals surface area contributed by atoms with Crippen LogP contribution in [-0.2, 0) is 14.4 Å². The summed E-state index contributed by atoms with van der Waals surface area (Å²) in [4.78, 5) is 35.2. The maximum atomic E-state index is 11.8. The zero-order valence-corrected chi connectivity index (χ0v) is 11.0. The normalized spacial score (nSPS) is 22.0. The highest BCUT2D eigenvalue weighted by atomic mass is 32.2. The smallest absolute Gasteiger partial charge is 0.326 e. The first-order chi connectivity index (χ1) is 7.82. The average Bonchev–Trinajstić information content (AvgIpc) is 2.44. The lowest BCUT2D eigenvalue weighted by atomic mass is 10.0. The zero-order valence-electron chi connectivity index (χ0n) is 10.2. The van der Waals surface area contributed by atoms with Crippen molar-refractivity contribution in [1.29, 1.82) is 0 Å². The Labute approximate surface area is 105 Å². The maximum absolute atomic E-state index is 11.8. The Bertz CT molecular complexity index is 342. The molecule has 1 rings (SSSR count). The van der Waals surface area contributed by atoms with E-state index in [0.29, 0.717) is 6.54 Å². The first-order valence-electron chi connectivity index (χ1n) is 5.52. The molecule has 1 heterocycles. The Morgan fingerprint density at radius 2 is 2.06 bits per heavy atom. The van der Waals surface area contributed by atoms with Crippen LogP contribution in [0, 0.1) is 5.92 Å². The lowest BCUT2D eigenvalue weighted by Gasteiger charge is -2.27. The van der Waals surface area contributed by atoms with E-state index in [2.05, 4.69) is 0 Å². The summed E-state index contributed by atoms with van der Waals surface area (Å²) in [6.07, 6.45) is 0.251. The summed E-state index contributed by atoms with van der Waals surface area (Å²) in [6.45, 7) is 5.35. The maximum Gasteiger partial charge on any atom is 0.326 e. The molecule has 1 aliphatic heterocycles. The number of nitrogens with zero attached hydrogens (tertiary/aromatic N) is 1. The van der Waals surface area contributed by atoms with Crippen LogP contribution in [0.4, 0.5) is 0 Å². The summed E-state index contributed by atoms with van der Waals surface area (Å²) in [7, 11) is 0. The number of amides is 1. The van der Waals surface area contributed by atoms with E-state index in [4.69, 9.17) is 5.11 Å². The van der Waals surface area contributed by atoms with Crippen LogP contribution in [0.15, 0.2) is 0 Å². The van der Waals surface area contributed by atoms with E-state index < -0.39 is 12.0 Å². The fourth-order valence-electron chi connectivity index (χ4n) is 2.06. The molecule has 0 radical (unpaired) electrons. The van der Waals surface area contributed by atoms with E-state index in [9.17, 15) is 14.4 Å². The molecule has 0 saturated carbocycles. The van der Waals surface area contributed by atoms with Crippen molar-refractivity contribution in [3.63, 3.8) is 0 Å². The number of hydrogen-bond acceptors (Lipinski definition) is 4. The molecule has 1 amide bonds. The van der Waals surface area contributed by atoms with E-state index in [0.717, 1.165) is 11.8 Å². The van der Waals surface area contributed by atoms with Crippen LogP contribution in [0.2, 0.25) is 0 Å².